The van der Waals surface area contributed by atoms with Crippen LogP contribution in [0.25, 0.3) is 0 Å². The lowest BCUT2D eigenvalue weighted by Crippen LogP contribution is -2.31. The zero-order chi connectivity index (χ0) is 22.1. The van der Waals surface area contributed by atoms with Crippen molar-refractivity contribution in [3.05, 3.63) is 59.2 Å². The van der Waals surface area contributed by atoms with E-state index >= 15 is 0 Å². The minimum absolute atomic E-state index is 0.121. The molecule has 1 heterocycles. The number of carbonyl (C=O) groups is 3. The highest BCUT2D eigenvalue weighted by Gasteiger charge is 2.50. The molecule has 162 valence electrons. The molecule has 2 aromatic carbocycles. The monoisotopic (exact) mass is 418 g/mol. The summed E-state index contributed by atoms with van der Waals surface area (Å²) in [6.45, 7) is 6.27. The number of benzene rings is 2. The van der Waals surface area contributed by atoms with E-state index in [1.165, 1.54) is 4.90 Å². The third-order valence-electron chi connectivity index (χ3n) is 6.79. The molecular weight excluding hydrogens is 388 g/mol. The van der Waals surface area contributed by atoms with Crippen LogP contribution in [0.4, 0.5) is 11.4 Å². The van der Waals surface area contributed by atoms with Gasteiger partial charge in [0.2, 0.25) is 11.8 Å². The molecule has 0 unspecified atom stereocenters. The molecule has 0 radical (unpaired) electrons. The average molecular weight is 419 g/mol. The van der Waals surface area contributed by atoms with Crippen molar-refractivity contribution >= 4 is 29.1 Å². The minimum Gasteiger partial charge on any atom is -0.321 e. The largest absolute Gasteiger partial charge is 0.321 e. The number of carbonyl (C=O) groups excluding carboxylic acids is 3. The molecule has 0 aromatic heterocycles. The number of nitrogens with zero attached hydrogens (tertiary/aromatic N) is 1. The highest BCUT2D eigenvalue weighted by molar-refractivity contribution is 6.22. The number of hydrogen-bond donors (Lipinski definition) is 1. The first-order valence-electron chi connectivity index (χ1n) is 11.3. The molecular formula is C26H30N2O3. The van der Waals surface area contributed by atoms with Crippen LogP contribution in [0.5, 0.6) is 0 Å². The Labute approximate surface area is 183 Å². The first-order chi connectivity index (χ1) is 14.9. The number of fused-ring (bicyclic) bond motifs is 1. The van der Waals surface area contributed by atoms with Crippen LogP contribution in [0.3, 0.4) is 0 Å². The van der Waals surface area contributed by atoms with Gasteiger partial charge in [0.1, 0.15) is 0 Å². The van der Waals surface area contributed by atoms with Gasteiger partial charge in [0.15, 0.2) is 0 Å². The Morgan fingerprint density at radius 2 is 1.61 bits per heavy atom. The van der Waals surface area contributed by atoms with Gasteiger partial charge in [-0.15, -0.1) is 0 Å². The van der Waals surface area contributed by atoms with Gasteiger partial charge < -0.3 is 5.32 Å². The lowest BCUT2D eigenvalue weighted by Gasteiger charge is -2.25. The van der Waals surface area contributed by atoms with Crippen molar-refractivity contribution in [3.63, 3.8) is 0 Å². The van der Waals surface area contributed by atoms with Gasteiger partial charge in [0.25, 0.3) is 5.91 Å². The summed E-state index contributed by atoms with van der Waals surface area (Å²) in [5, 5.41) is 3.07. The number of anilines is 2. The number of nitrogens with one attached hydrogen (secondary N) is 1. The Morgan fingerprint density at radius 3 is 2.29 bits per heavy atom. The topological polar surface area (TPSA) is 66.5 Å². The summed E-state index contributed by atoms with van der Waals surface area (Å²) in [4.78, 5) is 40.4. The van der Waals surface area contributed by atoms with Crippen molar-refractivity contribution in [3.8, 4) is 0 Å². The summed E-state index contributed by atoms with van der Waals surface area (Å²) in [5.41, 5.74) is 3.97. The standard InChI is InChI=1S/C26H30N2O3/c1-4-17-8-6-9-18(5-2)23(17)27-24(29)19-10-7-11-20(15-19)28-25(30)21-13-12-16(3)14-22(21)26(28)31/h6-11,15-16,21-22H,4-5,12-14H2,1-3H3,(H,27,29)/t16-,21-,22+/m1/s1. The lowest BCUT2D eigenvalue weighted by molar-refractivity contribution is -0.122. The number of para-hydroxylation sites is 1. The predicted octanol–water partition coefficient (Wildman–Crippen LogP) is 4.99. The zero-order valence-corrected chi connectivity index (χ0v) is 18.5. The first kappa shape index (κ1) is 21.3. The molecule has 1 aliphatic heterocycles. The maximum Gasteiger partial charge on any atom is 0.255 e. The van der Waals surface area contributed by atoms with Gasteiger partial charge in [-0.1, -0.05) is 45.0 Å². The number of imide groups is 1. The molecule has 4 rings (SSSR count). The van der Waals surface area contributed by atoms with Gasteiger partial charge in [-0.05, 0) is 67.3 Å². The second-order valence-electron chi connectivity index (χ2n) is 8.81. The van der Waals surface area contributed by atoms with Gasteiger partial charge in [-0.25, -0.2) is 0 Å². The minimum atomic E-state index is -0.234. The maximum atomic E-state index is 13.1. The Hall–Kier alpha value is -2.95. The second-order valence-corrected chi connectivity index (χ2v) is 8.81. The summed E-state index contributed by atoms with van der Waals surface area (Å²) in [6, 6.07) is 12.9. The number of aryl methyl sites for hydroxylation is 2. The summed E-state index contributed by atoms with van der Waals surface area (Å²) in [6.07, 6.45) is 4.15. The molecule has 0 spiro atoms. The van der Waals surface area contributed by atoms with Crippen LogP contribution in [0.1, 0.15) is 61.5 Å². The molecule has 5 heteroatoms. The SMILES string of the molecule is CCc1cccc(CC)c1NC(=O)c1cccc(N2C(=O)[C@H]3C[C@H](C)CC[C@H]3C2=O)c1. The van der Waals surface area contributed by atoms with Gasteiger partial charge >= 0.3 is 0 Å². The fraction of sp³-hybridized carbons (Fsp3) is 0.423. The van der Waals surface area contributed by atoms with Crippen LogP contribution >= 0.6 is 0 Å². The van der Waals surface area contributed by atoms with Crippen LogP contribution in [0.2, 0.25) is 0 Å². The van der Waals surface area contributed by atoms with E-state index < -0.39 is 0 Å². The van der Waals surface area contributed by atoms with Gasteiger partial charge in [-0.2, -0.15) is 0 Å². The molecule has 0 bridgehead atoms. The van der Waals surface area contributed by atoms with E-state index in [9.17, 15) is 14.4 Å². The third kappa shape index (κ3) is 3.89. The van der Waals surface area contributed by atoms with E-state index in [4.69, 9.17) is 0 Å². The third-order valence-corrected chi connectivity index (χ3v) is 6.79. The Kier molecular flexibility index (Phi) is 5.94. The van der Waals surface area contributed by atoms with Crippen LogP contribution in [-0.2, 0) is 22.4 Å². The summed E-state index contributed by atoms with van der Waals surface area (Å²) >= 11 is 0. The predicted molar refractivity (Wildman–Crippen MR) is 122 cm³/mol. The van der Waals surface area contributed by atoms with Crippen molar-refractivity contribution in [2.75, 3.05) is 10.2 Å². The molecule has 2 aliphatic rings. The fourth-order valence-corrected chi connectivity index (χ4v) is 5.02. The molecule has 3 amide bonds. The lowest BCUT2D eigenvalue weighted by atomic mass is 9.76. The summed E-state index contributed by atoms with van der Waals surface area (Å²) in [7, 11) is 0. The zero-order valence-electron chi connectivity index (χ0n) is 18.5. The van der Waals surface area contributed by atoms with Crippen molar-refractivity contribution in [2.45, 2.75) is 52.9 Å². The normalized spacial score (nSPS) is 23.1. The van der Waals surface area contributed by atoms with E-state index in [0.29, 0.717) is 17.2 Å². The number of amides is 3. The van der Waals surface area contributed by atoms with Crippen molar-refractivity contribution < 1.29 is 14.4 Å². The van der Waals surface area contributed by atoms with Crippen molar-refractivity contribution in [1.29, 1.82) is 0 Å². The van der Waals surface area contributed by atoms with E-state index in [2.05, 4.69) is 26.1 Å². The second kappa shape index (κ2) is 8.66. The van der Waals surface area contributed by atoms with Gasteiger partial charge in [-0.3, -0.25) is 19.3 Å². The Bertz CT molecular complexity index is 1010. The van der Waals surface area contributed by atoms with E-state index in [1.54, 1.807) is 24.3 Å². The average Bonchev–Trinajstić information content (AvgIpc) is 3.03. The van der Waals surface area contributed by atoms with E-state index in [-0.39, 0.29) is 29.6 Å². The van der Waals surface area contributed by atoms with Crippen LogP contribution in [0.15, 0.2) is 42.5 Å². The number of rotatable bonds is 5. The molecule has 5 nitrogen and oxygen atoms in total. The molecule has 31 heavy (non-hydrogen) atoms. The Morgan fingerprint density at radius 1 is 0.968 bits per heavy atom. The van der Waals surface area contributed by atoms with Gasteiger partial charge in [0.05, 0.1) is 17.5 Å². The fourth-order valence-electron chi connectivity index (χ4n) is 5.02. The highest BCUT2D eigenvalue weighted by atomic mass is 16.2. The van der Waals surface area contributed by atoms with Crippen molar-refractivity contribution in [2.24, 2.45) is 17.8 Å². The molecule has 1 saturated carbocycles. The molecule has 3 atom stereocenters. The molecule has 1 N–H and O–H groups in total. The van der Waals surface area contributed by atoms with Gasteiger partial charge in [0, 0.05) is 11.3 Å². The summed E-state index contributed by atoms with van der Waals surface area (Å²) in [5.74, 6) is -0.459. The highest BCUT2D eigenvalue weighted by Crippen LogP contribution is 2.42. The first-order valence-corrected chi connectivity index (χ1v) is 11.3. The van der Waals surface area contributed by atoms with Crippen LogP contribution in [0, 0.1) is 17.8 Å². The molecule has 1 aliphatic carbocycles. The smallest absolute Gasteiger partial charge is 0.255 e. The maximum absolute atomic E-state index is 13.1. The van der Waals surface area contributed by atoms with Crippen molar-refractivity contribution in [1.82, 2.24) is 0 Å². The quantitative estimate of drug-likeness (QED) is 0.696. The van der Waals surface area contributed by atoms with Crippen LogP contribution < -0.4 is 10.2 Å². The van der Waals surface area contributed by atoms with E-state index in [1.807, 2.05) is 18.2 Å². The molecule has 2 fully saturated rings. The molecule has 2 aromatic rings. The number of hydrogen-bond acceptors (Lipinski definition) is 3. The van der Waals surface area contributed by atoms with Crippen LogP contribution in [-0.4, -0.2) is 17.7 Å². The molecule has 1 saturated heterocycles. The summed E-state index contributed by atoms with van der Waals surface area (Å²) < 4.78 is 0. The Balaban J connectivity index is 1.60. The van der Waals surface area contributed by atoms with E-state index in [0.717, 1.165) is 48.9 Å².